The quantitative estimate of drug-likeness (QED) is 0.691. The van der Waals surface area contributed by atoms with E-state index in [9.17, 15) is 14.9 Å². The summed E-state index contributed by atoms with van der Waals surface area (Å²) in [6, 6.07) is 3.80. The molecule has 1 aromatic rings. The van der Waals surface area contributed by atoms with Crippen LogP contribution in [0.3, 0.4) is 0 Å². The molecule has 0 unspecified atom stereocenters. The van der Waals surface area contributed by atoms with Gasteiger partial charge >= 0.3 is 6.03 Å². The Hall–Kier alpha value is -2.41. The van der Waals surface area contributed by atoms with Crippen LogP contribution < -0.4 is 5.32 Å². The highest BCUT2D eigenvalue weighted by Gasteiger charge is 2.22. The van der Waals surface area contributed by atoms with Gasteiger partial charge in [0.05, 0.1) is 31.0 Å². The average Bonchev–Trinajstić information content (AvgIpc) is 2.78. The van der Waals surface area contributed by atoms with E-state index in [0.717, 1.165) is 24.3 Å². The van der Waals surface area contributed by atoms with Crippen LogP contribution in [0.25, 0.3) is 0 Å². The number of nitrogens with zero attached hydrogens (tertiary/aromatic N) is 5. The van der Waals surface area contributed by atoms with Crippen LogP contribution in [0.5, 0.6) is 0 Å². The van der Waals surface area contributed by atoms with Gasteiger partial charge in [-0.1, -0.05) is 0 Å². The summed E-state index contributed by atoms with van der Waals surface area (Å²) in [7, 11) is 0. The van der Waals surface area contributed by atoms with Crippen LogP contribution in [-0.4, -0.2) is 90.0 Å². The monoisotopic (exact) mass is 420 g/mol. The molecule has 3 heterocycles. The minimum Gasteiger partial charge on any atom is -0.378 e. The second-order valence-corrected chi connectivity index (χ2v) is 7.26. The van der Waals surface area contributed by atoms with Crippen LogP contribution in [0.4, 0.5) is 4.79 Å². The van der Waals surface area contributed by atoms with E-state index in [1.54, 1.807) is 9.80 Å². The van der Waals surface area contributed by atoms with E-state index in [-0.39, 0.29) is 17.8 Å². The van der Waals surface area contributed by atoms with Crippen molar-refractivity contribution in [2.75, 3.05) is 58.4 Å². The Bertz CT molecular complexity index is 770. The zero-order chi connectivity index (χ0) is 20.6. The molecule has 0 spiro atoms. The molecule has 1 aromatic heterocycles. The number of morpholine rings is 1. The number of aromatic nitrogens is 1. The molecule has 29 heavy (non-hydrogen) atoms. The van der Waals surface area contributed by atoms with Crippen molar-refractivity contribution in [3.8, 4) is 6.07 Å². The summed E-state index contributed by atoms with van der Waals surface area (Å²) in [5.41, 5.74) is 2.13. The van der Waals surface area contributed by atoms with Crippen LogP contribution in [0.2, 0.25) is 0 Å². The van der Waals surface area contributed by atoms with Crippen molar-refractivity contribution in [2.45, 2.75) is 13.1 Å². The molecule has 10 heteroatoms. The molecule has 156 valence electrons. The molecule has 3 rings (SSSR count). The summed E-state index contributed by atoms with van der Waals surface area (Å²) in [4.78, 5) is 34.2. The highest BCUT2D eigenvalue weighted by Crippen LogP contribution is 2.14. The van der Waals surface area contributed by atoms with Crippen LogP contribution in [0.1, 0.15) is 16.8 Å². The highest BCUT2D eigenvalue weighted by atomic mass is 35.5. The van der Waals surface area contributed by atoms with E-state index in [2.05, 4.69) is 21.3 Å². The number of nitrogens with one attached hydrogen (secondary N) is 1. The van der Waals surface area contributed by atoms with Gasteiger partial charge in [0.15, 0.2) is 0 Å². The van der Waals surface area contributed by atoms with Crippen molar-refractivity contribution in [3.63, 3.8) is 0 Å². The van der Waals surface area contributed by atoms with Crippen molar-refractivity contribution < 1.29 is 14.3 Å². The molecule has 0 aromatic carbocycles. The fraction of sp³-hybridized carbons (Fsp3) is 0.579. The molecule has 0 saturated carbocycles. The van der Waals surface area contributed by atoms with Crippen molar-refractivity contribution in [1.82, 2.24) is 25.0 Å². The summed E-state index contributed by atoms with van der Waals surface area (Å²) in [5.74, 6) is -0.0489. The van der Waals surface area contributed by atoms with E-state index in [4.69, 9.17) is 16.3 Å². The van der Waals surface area contributed by atoms with E-state index < -0.39 is 0 Å². The van der Waals surface area contributed by atoms with E-state index >= 15 is 0 Å². The predicted molar refractivity (Wildman–Crippen MR) is 106 cm³/mol. The average molecular weight is 421 g/mol. The van der Waals surface area contributed by atoms with Gasteiger partial charge in [-0.3, -0.25) is 14.7 Å². The highest BCUT2D eigenvalue weighted by molar-refractivity contribution is 6.27. The van der Waals surface area contributed by atoms with Gasteiger partial charge in [0.1, 0.15) is 11.9 Å². The van der Waals surface area contributed by atoms with Crippen molar-refractivity contribution in [3.05, 3.63) is 29.1 Å². The molecular weight excluding hydrogens is 396 g/mol. The number of urea groups is 1. The fourth-order valence-electron chi connectivity index (χ4n) is 3.41. The van der Waals surface area contributed by atoms with Gasteiger partial charge in [-0.25, -0.2) is 4.79 Å². The van der Waals surface area contributed by atoms with Gasteiger partial charge < -0.3 is 19.9 Å². The van der Waals surface area contributed by atoms with Crippen molar-refractivity contribution in [2.24, 2.45) is 0 Å². The number of rotatable bonds is 5. The molecule has 2 aliphatic rings. The number of carbonyl (C=O) groups is 2. The largest absolute Gasteiger partial charge is 0.378 e. The number of alkyl halides is 1. The lowest BCUT2D eigenvalue weighted by Crippen LogP contribution is -2.48. The fourth-order valence-corrected chi connectivity index (χ4v) is 3.58. The van der Waals surface area contributed by atoms with Crippen LogP contribution >= 0.6 is 11.6 Å². The van der Waals surface area contributed by atoms with Crippen molar-refractivity contribution >= 4 is 23.5 Å². The zero-order valence-corrected chi connectivity index (χ0v) is 17.0. The third-order valence-electron chi connectivity index (χ3n) is 5.13. The second kappa shape index (κ2) is 10.4. The Morgan fingerprint density at radius 2 is 1.90 bits per heavy atom. The van der Waals surface area contributed by atoms with Crippen molar-refractivity contribution in [1.29, 1.82) is 5.26 Å². The third-order valence-corrected chi connectivity index (χ3v) is 5.36. The molecule has 9 nitrogen and oxygen atoms in total. The lowest BCUT2D eigenvalue weighted by Gasteiger charge is -2.34. The summed E-state index contributed by atoms with van der Waals surface area (Å²) in [6.45, 7) is 5.84. The first-order valence-corrected chi connectivity index (χ1v) is 10.2. The summed E-state index contributed by atoms with van der Waals surface area (Å²) < 4.78 is 5.27. The normalized spacial score (nSPS) is 17.7. The number of hydrogen-bond donors (Lipinski definition) is 1. The predicted octanol–water partition coefficient (Wildman–Crippen LogP) is 0.378. The molecule has 0 bridgehead atoms. The van der Waals surface area contributed by atoms with Crippen LogP contribution in [0, 0.1) is 11.3 Å². The minimum atomic E-state index is -0.140. The lowest BCUT2D eigenvalue weighted by molar-refractivity contribution is -0.130. The summed E-state index contributed by atoms with van der Waals surface area (Å²) in [5, 5.41) is 12.1. The van der Waals surface area contributed by atoms with Crippen LogP contribution in [-0.2, 0) is 22.6 Å². The number of piperazine rings is 1. The first kappa shape index (κ1) is 21.3. The molecule has 0 atom stereocenters. The lowest BCUT2D eigenvalue weighted by atomic mass is 10.1. The van der Waals surface area contributed by atoms with Crippen LogP contribution in [0.15, 0.2) is 12.3 Å². The third kappa shape index (κ3) is 5.79. The molecule has 0 radical (unpaired) electrons. The van der Waals surface area contributed by atoms with Gasteiger partial charge in [0.2, 0.25) is 5.91 Å². The first-order chi connectivity index (χ1) is 14.1. The van der Waals surface area contributed by atoms with E-state index in [1.165, 1.54) is 6.20 Å². The molecular formula is C19H25ClN6O3. The second-order valence-electron chi connectivity index (χ2n) is 6.99. The van der Waals surface area contributed by atoms with E-state index in [0.29, 0.717) is 58.0 Å². The number of ether oxygens (including phenoxy) is 1. The smallest absolute Gasteiger partial charge is 0.317 e. The SMILES string of the molecule is N#Cc1cnc(CNC(=O)N2CCOCC2)c(CN2CCN(C(=O)CCl)CC2)c1. The molecule has 2 fully saturated rings. The molecule has 2 saturated heterocycles. The molecule has 3 amide bonds. The zero-order valence-electron chi connectivity index (χ0n) is 16.3. The molecule has 2 aliphatic heterocycles. The maximum Gasteiger partial charge on any atom is 0.317 e. The number of halogens is 1. The Labute approximate surface area is 175 Å². The molecule has 1 N–H and O–H groups in total. The Balaban J connectivity index is 1.61. The maximum atomic E-state index is 12.3. The Morgan fingerprint density at radius 3 is 2.55 bits per heavy atom. The number of hydrogen-bond acceptors (Lipinski definition) is 6. The van der Waals surface area contributed by atoms with Gasteiger partial charge in [0, 0.05) is 52.0 Å². The minimum absolute atomic E-state index is 0.00111. The Morgan fingerprint density at radius 1 is 1.17 bits per heavy atom. The van der Waals surface area contributed by atoms with E-state index in [1.807, 2.05) is 6.07 Å². The van der Waals surface area contributed by atoms with Gasteiger partial charge in [0.25, 0.3) is 0 Å². The standard InChI is InChI=1S/C19H25ClN6O3/c20-10-18(27)25-3-1-24(2-4-25)14-16-9-15(11-21)12-22-17(16)13-23-19(28)26-5-7-29-8-6-26/h9,12H,1-8,10,13-14H2,(H,23,28). The number of amides is 3. The first-order valence-electron chi connectivity index (χ1n) is 9.65. The summed E-state index contributed by atoms with van der Waals surface area (Å²) in [6.07, 6.45) is 1.52. The topological polar surface area (TPSA) is 102 Å². The van der Waals surface area contributed by atoms with Gasteiger partial charge in [-0.05, 0) is 11.6 Å². The Kier molecular flexibility index (Phi) is 7.63. The molecule has 0 aliphatic carbocycles. The maximum absolute atomic E-state index is 12.3. The van der Waals surface area contributed by atoms with Gasteiger partial charge in [-0.2, -0.15) is 5.26 Å². The number of carbonyl (C=O) groups excluding carboxylic acids is 2. The van der Waals surface area contributed by atoms with Gasteiger partial charge in [-0.15, -0.1) is 11.6 Å². The number of pyridine rings is 1. The summed E-state index contributed by atoms with van der Waals surface area (Å²) >= 11 is 5.63. The number of nitriles is 1.